The van der Waals surface area contributed by atoms with E-state index in [1.807, 2.05) is 0 Å². The maximum Gasteiger partial charge on any atom is 0.191 e. The van der Waals surface area contributed by atoms with Crippen LogP contribution in [0, 0.1) is 5.92 Å². The molecule has 1 rings (SSSR count). The molecule has 0 saturated carbocycles. The van der Waals surface area contributed by atoms with E-state index < -0.39 is 0 Å². The minimum absolute atomic E-state index is 0.620. The summed E-state index contributed by atoms with van der Waals surface area (Å²) in [7, 11) is 0. The van der Waals surface area contributed by atoms with Gasteiger partial charge in [0.15, 0.2) is 5.96 Å². The van der Waals surface area contributed by atoms with Crippen LogP contribution in [0.4, 0.5) is 0 Å². The van der Waals surface area contributed by atoms with Crippen LogP contribution in [0.15, 0.2) is 9.52 Å². The summed E-state index contributed by atoms with van der Waals surface area (Å²) in [5, 5.41) is 10.8. The van der Waals surface area contributed by atoms with Crippen molar-refractivity contribution in [3.63, 3.8) is 0 Å². The molecule has 0 aromatic carbocycles. The summed E-state index contributed by atoms with van der Waals surface area (Å²) in [6, 6.07) is 0. The minimum atomic E-state index is 0.620. The van der Waals surface area contributed by atoms with E-state index in [4.69, 9.17) is 4.52 Å². The first-order chi connectivity index (χ1) is 10.6. The molecule has 0 radical (unpaired) electrons. The maximum atomic E-state index is 5.39. The van der Waals surface area contributed by atoms with Crippen LogP contribution in [0.1, 0.15) is 64.5 Å². The fraction of sp³-hybridized carbons (Fsp3) is 0.765. The second kappa shape index (κ2) is 10.2. The molecule has 0 atom stereocenters. The Morgan fingerprint density at radius 3 is 2.55 bits per heavy atom. The molecule has 0 spiro atoms. The Kier molecular flexibility index (Phi) is 8.63. The number of rotatable bonds is 9. The molecule has 1 heterocycles. The molecule has 1 aromatic heterocycles. The quantitative estimate of drug-likeness (QED) is 0.417. The van der Waals surface area contributed by atoms with E-state index >= 15 is 0 Å². The van der Waals surface area contributed by atoms with Crippen molar-refractivity contribution < 1.29 is 4.52 Å². The average Bonchev–Trinajstić information content (AvgIpc) is 2.90. The van der Waals surface area contributed by atoms with Gasteiger partial charge in [0.1, 0.15) is 5.76 Å². The van der Waals surface area contributed by atoms with E-state index in [1.165, 1.54) is 6.42 Å². The third-order valence-corrected chi connectivity index (χ3v) is 3.60. The molecule has 0 aliphatic rings. The molecule has 0 aliphatic carbocycles. The van der Waals surface area contributed by atoms with Crippen LogP contribution in [0.5, 0.6) is 0 Å². The molecule has 0 fully saturated rings. The van der Waals surface area contributed by atoms with Crippen molar-refractivity contribution in [2.45, 2.75) is 66.8 Å². The first kappa shape index (κ1) is 18.5. The van der Waals surface area contributed by atoms with Gasteiger partial charge < -0.3 is 15.2 Å². The van der Waals surface area contributed by atoms with Crippen molar-refractivity contribution in [3.8, 4) is 0 Å². The molecule has 0 unspecified atom stereocenters. The Balaban J connectivity index is 2.63. The number of aliphatic imine (C=N–C) groups is 1. The van der Waals surface area contributed by atoms with Gasteiger partial charge in [-0.25, -0.2) is 4.99 Å². The van der Waals surface area contributed by atoms with Gasteiger partial charge in [0.25, 0.3) is 0 Å². The molecule has 22 heavy (non-hydrogen) atoms. The van der Waals surface area contributed by atoms with Crippen molar-refractivity contribution in [3.05, 3.63) is 17.0 Å². The van der Waals surface area contributed by atoms with Gasteiger partial charge in [0.05, 0.1) is 12.2 Å². The number of nitrogens with one attached hydrogen (secondary N) is 2. The Hall–Kier alpha value is -1.52. The third kappa shape index (κ3) is 6.08. The Labute approximate surface area is 135 Å². The fourth-order valence-electron chi connectivity index (χ4n) is 2.33. The second-order valence-corrected chi connectivity index (χ2v) is 5.90. The highest BCUT2D eigenvalue weighted by Gasteiger charge is 2.12. The van der Waals surface area contributed by atoms with Crippen LogP contribution < -0.4 is 10.6 Å². The van der Waals surface area contributed by atoms with Gasteiger partial charge in [-0.1, -0.05) is 32.9 Å². The van der Waals surface area contributed by atoms with E-state index in [1.54, 1.807) is 0 Å². The molecule has 0 amide bonds. The second-order valence-electron chi connectivity index (χ2n) is 5.90. The Bertz CT molecular complexity index is 430. The van der Waals surface area contributed by atoms with Gasteiger partial charge in [-0.05, 0) is 32.1 Å². The normalized spacial score (nSPS) is 12.0. The lowest BCUT2D eigenvalue weighted by Crippen LogP contribution is -2.37. The lowest BCUT2D eigenvalue weighted by atomic mass is 10.1. The van der Waals surface area contributed by atoms with Gasteiger partial charge in [-0.2, -0.15) is 0 Å². The predicted molar refractivity (Wildman–Crippen MR) is 92.1 cm³/mol. The molecule has 0 bridgehead atoms. The highest BCUT2D eigenvalue weighted by atomic mass is 16.5. The topological polar surface area (TPSA) is 62.5 Å². The zero-order chi connectivity index (χ0) is 16.4. The molecular formula is C17H32N4O. The highest BCUT2D eigenvalue weighted by molar-refractivity contribution is 5.79. The van der Waals surface area contributed by atoms with Crippen molar-refractivity contribution in [2.24, 2.45) is 10.9 Å². The summed E-state index contributed by atoms with van der Waals surface area (Å²) in [6.45, 7) is 13.2. The van der Waals surface area contributed by atoms with Crippen LogP contribution in [0.2, 0.25) is 0 Å². The molecule has 2 N–H and O–H groups in total. The van der Waals surface area contributed by atoms with Crippen LogP contribution in [-0.4, -0.2) is 24.2 Å². The molecular weight excluding hydrogens is 276 g/mol. The molecule has 0 saturated heterocycles. The van der Waals surface area contributed by atoms with Gasteiger partial charge in [0, 0.05) is 25.1 Å². The smallest absolute Gasteiger partial charge is 0.191 e. The summed E-state index contributed by atoms with van der Waals surface area (Å²) in [4.78, 5) is 4.68. The van der Waals surface area contributed by atoms with Gasteiger partial charge in [-0.15, -0.1) is 0 Å². The van der Waals surface area contributed by atoms with Crippen molar-refractivity contribution in [1.29, 1.82) is 0 Å². The monoisotopic (exact) mass is 308 g/mol. The van der Waals surface area contributed by atoms with Gasteiger partial charge in [0.2, 0.25) is 0 Å². The minimum Gasteiger partial charge on any atom is -0.361 e. The summed E-state index contributed by atoms with van der Waals surface area (Å²) >= 11 is 0. The standard InChI is InChI=1S/C17H32N4O/c1-6-15-14(16(7-2)22-21-15)12-20-17(18-8-3)19-11-9-10-13(4)5/h13H,6-12H2,1-5H3,(H2,18,19,20). The fourth-order valence-corrected chi connectivity index (χ4v) is 2.33. The van der Waals surface area contributed by atoms with Crippen molar-refractivity contribution >= 4 is 5.96 Å². The van der Waals surface area contributed by atoms with Crippen LogP contribution in [0.25, 0.3) is 0 Å². The van der Waals surface area contributed by atoms with E-state index in [0.29, 0.717) is 6.54 Å². The van der Waals surface area contributed by atoms with Crippen molar-refractivity contribution in [1.82, 2.24) is 15.8 Å². The SMILES string of the molecule is CCNC(=NCc1c(CC)noc1CC)NCCCC(C)C. The number of aryl methyl sites for hydroxylation is 2. The maximum absolute atomic E-state index is 5.39. The number of aromatic nitrogens is 1. The molecule has 1 aromatic rings. The van der Waals surface area contributed by atoms with Crippen LogP contribution in [-0.2, 0) is 19.4 Å². The van der Waals surface area contributed by atoms with Crippen LogP contribution >= 0.6 is 0 Å². The van der Waals surface area contributed by atoms with Crippen molar-refractivity contribution in [2.75, 3.05) is 13.1 Å². The zero-order valence-electron chi connectivity index (χ0n) is 14.8. The Morgan fingerprint density at radius 2 is 1.95 bits per heavy atom. The average molecular weight is 308 g/mol. The predicted octanol–water partition coefficient (Wildman–Crippen LogP) is 3.29. The lowest BCUT2D eigenvalue weighted by Gasteiger charge is -2.12. The third-order valence-electron chi connectivity index (χ3n) is 3.60. The van der Waals surface area contributed by atoms with E-state index in [9.17, 15) is 0 Å². The largest absolute Gasteiger partial charge is 0.361 e. The summed E-state index contributed by atoms with van der Waals surface area (Å²) in [6.07, 6.45) is 4.14. The first-order valence-electron chi connectivity index (χ1n) is 8.60. The zero-order valence-corrected chi connectivity index (χ0v) is 14.8. The summed E-state index contributed by atoms with van der Waals surface area (Å²) < 4.78 is 5.39. The van der Waals surface area contributed by atoms with E-state index in [2.05, 4.69) is 55.4 Å². The van der Waals surface area contributed by atoms with Crippen LogP contribution in [0.3, 0.4) is 0 Å². The van der Waals surface area contributed by atoms with E-state index in [-0.39, 0.29) is 0 Å². The van der Waals surface area contributed by atoms with Gasteiger partial charge in [-0.3, -0.25) is 0 Å². The summed E-state index contributed by atoms with van der Waals surface area (Å²) in [5.74, 6) is 2.57. The number of hydrogen-bond donors (Lipinski definition) is 2. The number of hydrogen-bond acceptors (Lipinski definition) is 3. The molecule has 5 nitrogen and oxygen atoms in total. The van der Waals surface area contributed by atoms with E-state index in [0.717, 1.165) is 61.2 Å². The lowest BCUT2D eigenvalue weighted by molar-refractivity contribution is 0.380. The summed E-state index contributed by atoms with van der Waals surface area (Å²) in [5.41, 5.74) is 2.17. The Morgan fingerprint density at radius 1 is 1.18 bits per heavy atom. The highest BCUT2D eigenvalue weighted by Crippen LogP contribution is 2.16. The number of guanidine groups is 1. The molecule has 0 aliphatic heterocycles. The first-order valence-corrected chi connectivity index (χ1v) is 8.60. The van der Waals surface area contributed by atoms with Gasteiger partial charge >= 0.3 is 0 Å². The molecule has 126 valence electrons. The number of nitrogens with zero attached hydrogens (tertiary/aromatic N) is 2. The molecule has 5 heteroatoms.